The third-order valence-electron chi connectivity index (χ3n) is 5.99. The second-order valence-corrected chi connectivity index (χ2v) is 12.4. The Morgan fingerprint density at radius 3 is 2.41 bits per heavy atom. The number of halogens is 1. The number of nitrogens with one attached hydrogen (secondary N) is 1. The molecule has 0 saturated heterocycles. The van der Waals surface area contributed by atoms with Gasteiger partial charge in [0.25, 0.3) is 5.56 Å². The lowest BCUT2D eigenvalue weighted by molar-refractivity contribution is 0.598. The van der Waals surface area contributed by atoms with Crippen LogP contribution in [-0.2, 0) is 10.0 Å². The molecule has 0 radical (unpaired) electrons. The Bertz CT molecular complexity index is 1990. The smallest absolute Gasteiger partial charge is 0.263 e. The van der Waals surface area contributed by atoms with Gasteiger partial charge < -0.3 is 4.98 Å². The summed E-state index contributed by atoms with van der Waals surface area (Å²) in [5, 5.41) is 17.9. The highest BCUT2D eigenvalue weighted by Crippen LogP contribution is 2.40. The number of fused-ring (bicyclic) bond motifs is 1. The minimum atomic E-state index is -3.87. The highest BCUT2D eigenvalue weighted by molar-refractivity contribution is 7.99. The Labute approximate surface area is 236 Å². The molecule has 3 aromatic heterocycles. The molecule has 6 aromatic rings. The normalized spacial score (nSPS) is 11.7. The first-order valence-corrected chi connectivity index (χ1v) is 15.1. The van der Waals surface area contributed by atoms with Crippen LogP contribution in [0.1, 0.15) is 0 Å². The standard InChI is InChI=1S/C27H18ClN5O3S3/c28-17-8-13-21-20(15-17)23(16-5-2-1-3-6-16)24(26(34)30-21)38-27-32-31-25(22-7-4-14-37-22)33(27)18-9-11-19(12-10-18)39(29,35)36/h1-15H,(H,30,34)(H2,29,35,36). The van der Waals surface area contributed by atoms with Crippen molar-refractivity contribution in [2.75, 3.05) is 0 Å². The maximum Gasteiger partial charge on any atom is 0.263 e. The van der Waals surface area contributed by atoms with Crippen molar-refractivity contribution < 1.29 is 8.42 Å². The number of H-pyrrole nitrogens is 1. The zero-order valence-electron chi connectivity index (χ0n) is 19.9. The number of aromatic amines is 1. The summed E-state index contributed by atoms with van der Waals surface area (Å²) in [6.45, 7) is 0. The summed E-state index contributed by atoms with van der Waals surface area (Å²) in [4.78, 5) is 17.7. The van der Waals surface area contributed by atoms with E-state index in [1.807, 2.05) is 53.9 Å². The fourth-order valence-corrected chi connectivity index (χ4v) is 6.65. The molecule has 0 saturated carbocycles. The topological polar surface area (TPSA) is 124 Å². The summed E-state index contributed by atoms with van der Waals surface area (Å²) in [6.07, 6.45) is 0. The first-order valence-electron chi connectivity index (χ1n) is 11.5. The van der Waals surface area contributed by atoms with Crippen molar-refractivity contribution in [1.29, 1.82) is 0 Å². The number of aromatic nitrogens is 4. The number of primary sulfonamides is 1. The van der Waals surface area contributed by atoms with E-state index >= 15 is 0 Å². The molecule has 0 bridgehead atoms. The predicted molar refractivity (Wildman–Crippen MR) is 155 cm³/mol. The molecule has 0 unspecified atom stereocenters. The molecule has 0 aliphatic heterocycles. The molecule has 8 nitrogen and oxygen atoms in total. The van der Waals surface area contributed by atoms with E-state index in [0.717, 1.165) is 21.4 Å². The molecule has 0 atom stereocenters. The third kappa shape index (κ3) is 4.90. The highest BCUT2D eigenvalue weighted by atomic mass is 35.5. The van der Waals surface area contributed by atoms with Crippen molar-refractivity contribution in [2.45, 2.75) is 14.9 Å². The minimum absolute atomic E-state index is 0.0135. The summed E-state index contributed by atoms with van der Waals surface area (Å²) in [5.74, 6) is 0.553. The molecule has 12 heteroatoms. The van der Waals surface area contributed by atoms with Crippen molar-refractivity contribution in [3.05, 3.63) is 106 Å². The number of sulfonamides is 1. The lowest BCUT2D eigenvalue weighted by Gasteiger charge is -2.14. The van der Waals surface area contributed by atoms with E-state index in [2.05, 4.69) is 15.2 Å². The molecular formula is C27H18ClN5O3S3. The fraction of sp³-hybridized carbons (Fsp3) is 0. The summed E-state index contributed by atoms with van der Waals surface area (Å²) in [6, 6.07) is 24.9. The lowest BCUT2D eigenvalue weighted by atomic mass is 10.0. The lowest BCUT2D eigenvalue weighted by Crippen LogP contribution is -2.12. The monoisotopic (exact) mass is 591 g/mol. The van der Waals surface area contributed by atoms with Crippen LogP contribution in [0.25, 0.3) is 38.4 Å². The molecule has 3 aromatic carbocycles. The van der Waals surface area contributed by atoms with Crippen LogP contribution in [0, 0.1) is 0 Å². The molecule has 3 N–H and O–H groups in total. The second-order valence-electron chi connectivity index (χ2n) is 8.47. The number of nitrogens with zero attached hydrogens (tertiary/aromatic N) is 3. The van der Waals surface area contributed by atoms with Crippen LogP contribution in [0.15, 0.2) is 110 Å². The van der Waals surface area contributed by atoms with E-state index in [-0.39, 0.29) is 10.5 Å². The quantitative estimate of drug-likeness (QED) is 0.246. The van der Waals surface area contributed by atoms with Gasteiger partial charge in [0.1, 0.15) is 0 Å². The molecule has 194 valence electrons. The van der Waals surface area contributed by atoms with Crippen LogP contribution in [0.4, 0.5) is 0 Å². The number of rotatable bonds is 6. The van der Waals surface area contributed by atoms with E-state index in [9.17, 15) is 13.2 Å². The number of benzene rings is 3. The maximum absolute atomic E-state index is 13.5. The Balaban J connectivity index is 1.58. The zero-order valence-corrected chi connectivity index (χ0v) is 23.1. The zero-order chi connectivity index (χ0) is 27.1. The van der Waals surface area contributed by atoms with Gasteiger partial charge in [0.15, 0.2) is 5.82 Å². The molecule has 0 aliphatic carbocycles. The number of hydrogen-bond donors (Lipinski definition) is 2. The molecule has 0 spiro atoms. The van der Waals surface area contributed by atoms with Gasteiger partial charge in [0.05, 0.1) is 14.7 Å². The van der Waals surface area contributed by atoms with Gasteiger partial charge in [-0.1, -0.05) is 48.0 Å². The fourth-order valence-electron chi connectivity index (χ4n) is 4.25. The molecule has 6 rings (SSSR count). The van der Waals surface area contributed by atoms with E-state index < -0.39 is 10.0 Å². The highest BCUT2D eigenvalue weighted by Gasteiger charge is 2.23. The molecular weight excluding hydrogens is 574 g/mol. The Morgan fingerprint density at radius 2 is 1.72 bits per heavy atom. The second kappa shape index (κ2) is 10.1. The Kier molecular flexibility index (Phi) is 6.61. The van der Waals surface area contributed by atoms with Gasteiger partial charge in [-0.25, -0.2) is 13.6 Å². The maximum atomic E-state index is 13.5. The summed E-state index contributed by atoms with van der Waals surface area (Å²) >= 11 is 9.02. The van der Waals surface area contributed by atoms with Gasteiger partial charge in [0, 0.05) is 27.2 Å². The third-order valence-corrected chi connectivity index (χ3v) is 9.06. The van der Waals surface area contributed by atoms with Crippen LogP contribution in [0.2, 0.25) is 5.02 Å². The molecule has 3 heterocycles. The summed E-state index contributed by atoms with van der Waals surface area (Å²) in [5.41, 5.74) is 2.55. The van der Waals surface area contributed by atoms with E-state index in [1.54, 1.807) is 28.8 Å². The van der Waals surface area contributed by atoms with Crippen LogP contribution >= 0.6 is 34.7 Å². The van der Waals surface area contributed by atoms with Gasteiger partial charge in [-0.05, 0) is 71.2 Å². The van der Waals surface area contributed by atoms with Crippen molar-refractivity contribution in [2.24, 2.45) is 5.14 Å². The predicted octanol–water partition coefficient (Wildman–Crippen LogP) is 5.96. The van der Waals surface area contributed by atoms with E-state index in [0.29, 0.717) is 32.1 Å². The Morgan fingerprint density at radius 1 is 0.949 bits per heavy atom. The molecule has 0 aliphatic rings. The summed E-state index contributed by atoms with van der Waals surface area (Å²) < 4.78 is 25.5. The first kappa shape index (κ1) is 25.5. The van der Waals surface area contributed by atoms with Crippen LogP contribution in [0.5, 0.6) is 0 Å². The van der Waals surface area contributed by atoms with Crippen molar-refractivity contribution >= 4 is 55.6 Å². The largest absolute Gasteiger partial charge is 0.321 e. The van der Waals surface area contributed by atoms with Gasteiger partial charge in [-0.3, -0.25) is 9.36 Å². The van der Waals surface area contributed by atoms with Crippen LogP contribution in [0.3, 0.4) is 0 Å². The van der Waals surface area contributed by atoms with Gasteiger partial charge in [-0.15, -0.1) is 21.5 Å². The van der Waals surface area contributed by atoms with Crippen molar-refractivity contribution in [3.63, 3.8) is 0 Å². The number of pyridine rings is 1. The number of thiophene rings is 1. The van der Waals surface area contributed by atoms with Gasteiger partial charge in [0.2, 0.25) is 15.2 Å². The first-order chi connectivity index (χ1) is 18.8. The van der Waals surface area contributed by atoms with Crippen molar-refractivity contribution in [1.82, 2.24) is 19.7 Å². The minimum Gasteiger partial charge on any atom is -0.321 e. The molecule has 0 fully saturated rings. The van der Waals surface area contributed by atoms with E-state index in [4.69, 9.17) is 16.7 Å². The molecule has 0 amide bonds. The average Bonchev–Trinajstić information content (AvgIpc) is 3.60. The van der Waals surface area contributed by atoms with Gasteiger partial charge in [-0.2, -0.15) is 0 Å². The van der Waals surface area contributed by atoms with E-state index in [1.165, 1.54) is 35.2 Å². The van der Waals surface area contributed by atoms with Crippen LogP contribution < -0.4 is 10.7 Å². The SMILES string of the molecule is NS(=O)(=O)c1ccc(-n2c(Sc3c(-c4ccccc4)c4cc(Cl)ccc4[nH]c3=O)nnc2-c2cccs2)cc1. The summed E-state index contributed by atoms with van der Waals surface area (Å²) in [7, 11) is -3.87. The number of hydrogen-bond acceptors (Lipinski definition) is 7. The van der Waals surface area contributed by atoms with Crippen molar-refractivity contribution in [3.8, 4) is 27.5 Å². The van der Waals surface area contributed by atoms with Crippen LogP contribution in [-0.4, -0.2) is 28.2 Å². The number of nitrogens with two attached hydrogens (primary N) is 1. The average molecular weight is 592 g/mol. The Hall–Kier alpha value is -3.74. The van der Waals surface area contributed by atoms with Gasteiger partial charge >= 0.3 is 0 Å². The molecule has 39 heavy (non-hydrogen) atoms.